The van der Waals surface area contributed by atoms with Crippen molar-refractivity contribution in [2.75, 3.05) is 90.7 Å². The fraction of sp³-hybridized carbons (Fsp3) is 0.468. The highest BCUT2D eigenvalue weighted by Crippen LogP contribution is 2.43. The molecule has 7 heterocycles. The molecular weight excluding hydrogens is 1500 g/mol. The Morgan fingerprint density at radius 3 is 1.05 bits per heavy atom. The molecule has 0 unspecified atom stereocenters. The number of rotatable bonds is 17. The number of benzene rings is 6. The maximum Gasteiger partial charge on any atom is 0.410 e. The van der Waals surface area contributed by atoms with Crippen LogP contribution in [0.3, 0.4) is 0 Å². The molecule has 108 heavy (non-hydrogen) atoms. The molecule has 0 bridgehead atoms. The first-order valence-electron chi connectivity index (χ1n) is 36.7. The number of alkyl halides is 2. The summed E-state index contributed by atoms with van der Waals surface area (Å²) in [6.07, 6.45) is 6.83. The summed E-state index contributed by atoms with van der Waals surface area (Å²) in [5.74, 6) is 2.56. The summed E-state index contributed by atoms with van der Waals surface area (Å²) in [6.45, 7) is 28.0. The van der Waals surface area contributed by atoms with Crippen molar-refractivity contribution in [2.24, 2.45) is 0 Å². The highest BCUT2D eigenvalue weighted by atomic mass is 35.5. The van der Waals surface area contributed by atoms with E-state index in [0.717, 1.165) is 102 Å². The topological polar surface area (TPSA) is 241 Å². The zero-order chi connectivity index (χ0) is 77.8. The van der Waals surface area contributed by atoms with Gasteiger partial charge in [-0.25, -0.2) is 28.4 Å². The molecule has 2 amide bonds. The van der Waals surface area contributed by atoms with Gasteiger partial charge in [-0.2, -0.15) is 0 Å². The molecule has 4 aliphatic rings. The molecule has 29 heteroatoms. The van der Waals surface area contributed by atoms with Crippen molar-refractivity contribution in [3.63, 3.8) is 0 Å². The predicted molar refractivity (Wildman–Crippen MR) is 427 cm³/mol. The smallest absolute Gasteiger partial charge is 0.410 e. The number of aromatic nitrogens is 12. The van der Waals surface area contributed by atoms with Gasteiger partial charge in [0.1, 0.15) is 5.60 Å². The van der Waals surface area contributed by atoms with Gasteiger partial charge in [0.15, 0.2) is 17.5 Å². The molecule has 0 aliphatic carbocycles. The van der Waals surface area contributed by atoms with Crippen molar-refractivity contribution in [2.45, 2.75) is 148 Å². The molecule has 1 N–H and O–H groups in total. The molecule has 0 radical (unpaired) electrons. The van der Waals surface area contributed by atoms with E-state index in [-0.39, 0.29) is 28.4 Å². The van der Waals surface area contributed by atoms with Gasteiger partial charge in [-0.1, -0.05) is 183 Å². The SMILES string of the molecule is C1CCOC1.CC(C)(C)OC(=O)N1CCC(c2ccccc2)(c2nnnn2Cc2ccc(Cl)cc2)CC1.CCN(CC)CC.CCOC(=O)Cl.CCOC(=O)N1CCC(c2ccccc2)(c2nnnn2Cc2ccc(Cl)cc2)CC1.ClCCl.Clc1ccc(Cn2nnnc2C2(c3ccccc3)CCNCC2)cc1. The molecular formula is C79H102Cl6N16O7. The van der Waals surface area contributed by atoms with E-state index in [0.29, 0.717) is 81.9 Å². The van der Waals surface area contributed by atoms with E-state index < -0.39 is 16.4 Å². The van der Waals surface area contributed by atoms with Gasteiger partial charge in [-0.15, -0.1) is 38.5 Å². The first-order chi connectivity index (χ1) is 52.2. The lowest BCUT2D eigenvalue weighted by Gasteiger charge is -2.41. The highest BCUT2D eigenvalue weighted by Gasteiger charge is 2.46. The van der Waals surface area contributed by atoms with Crippen LogP contribution in [-0.2, 0) is 54.8 Å². The number of nitrogens with one attached hydrogen (secondary N) is 1. The van der Waals surface area contributed by atoms with Crippen LogP contribution in [0, 0.1) is 0 Å². The van der Waals surface area contributed by atoms with E-state index in [4.69, 9.17) is 83.8 Å². The third-order valence-corrected chi connectivity index (χ3v) is 19.8. The van der Waals surface area contributed by atoms with Crippen LogP contribution in [0.1, 0.15) is 158 Å². The standard InChI is InChI=1S/C24H28ClN5O2.C22H24ClN5O2.C19H20ClN5.C6H15N.C4H8O.C3H5ClO2.CH2Cl2/c1-23(2,3)32-22(31)29-15-13-24(14-16-29,19-7-5-4-6-8-19)21-26-27-28-30(21)17-18-9-11-20(25)12-10-18;1-2-30-21(29)27-14-12-22(13-15-27,18-6-4-3-5-7-18)20-24-25-26-28(20)16-17-8-10-19(23)11-9-17;20-17-8-6-15(7-9-17)14-25-18(22-23-24-25)19(10-12-21-13-11-19)16-4-2-1-3-5-16;1-4-7(5-2)6-3;1-2-4-5-3-1;1-2-6-3(4)5;2-1-3/h4-12H,13-17H2,1-3H3;3-11H,2,12-16H2,1H3;1-9,21H,10-14H2;4-6H2,1-3H3;1-4H2;2H2,1H3;1H2. The summed E-state index contributed by atoms with van der Waals surface area (Å²) in [4.78, 5) is 40.3. The molecule has 582 valence electrons. The lowest BCUT2D eigenvalue weighted by molar-refractivity contribution is 0.0175. The van der Waals surface area contributed by atoms with E-state index in [2.05, 4.69) is 137 Å². The highest BCUT2D eigenvalue weighted by molar-refractivity contribution is 6.61. The minimum atomic E-state index is -0.738. The quantitative estimate of drug-likeness (QED) is 0.0506. The van der Waals surface area contributed by atoms with Crippen LogP contribution >= 0.6 is 69.6 Å². The maximum atomic E-state index is 12.6. The summed E-state index contributed by atoms with van der Waals surface area (Å²) in [6, 6.07) is 54.4. The minimum absolute atomic E-state index is 0.150. The summed E-state index contributed by atoms with van der Waals surface area (Å²) in [5.41, 5.74) is 4.68. The minimum Gasteiger partial charge on any atom is -0.454 e. The van der Waals surface area contributed by atoms with Crippen LogP contribution in [-0.4, -0.2) is 189 Å². The Labute approximate surface area is 665 Å². The largest absolute Gasteiger partial charge is 0.454 e. The Kier molecular flexibility index (Phi) is 36.7. The number of hydrogen-bond donors (Lipinski definition) is 1. The van der Waals surface area contributed by atoms with Gasteiger partial charge >= 0.3 is 17.6 Å². The zero-order valence-electron chi connectivity index (χ0n) is 63.1. The van der Waals surface area contributed by atoms with Crippen molar-refractivity contribution in [1.82, 2.24) is 80.6 Å². The molecule has 3 aromatic heterocycles. The van der Waals surface area contributed by atoms with Crippen molar-refractivity contribution in [3.05, 3.63) is 230 Å². The van der Waals surface area contributed by atoms with E-state index in [1.54, 1.807) is 16.7 Å². The molecule has 23 nitrogen and oxygen atoms in total. The molecule has 4 fully saturated rings. The molecule has 0 saturated carbocycles. The summed E-state index contributed by atoms with van der Waals surface area (Å²) in [5, 5.41) is 44.0. The second kappa shape index (κ2) is 45.3. The van der Waals surface area contributed by atoms with Crippen molar-refractivity contribution in [3.8, 4) is 0 Å². The lowest BCUT2D eigenvalue weighted by atomic mass is 9.72. The lowest BCUT2D eigenvalue weighted by Crippen LogP contribution is -2.48. The number of nitrogens with zero attached hydrogens (tertiary/aromatic N) is 15. The maximum absolute atomic E-state index is 12.6. The van der Waals surface area contributed by atoms with Gasteiger partial charge < -0.3 is 39.0 Å². The van der Waals surface area contributed by atoms with Gasteiger partial charge in [0.25, 0.3) is 0 Å². The molecule has 0 atom stereocenters. The van der Waals surface area contributed by atoms with E-state index in [1.165, 1.54) is 38.0 Å². The second-order valence-electron chi connectivity index (χ2n) is 26.8. The van der Waals surface area contributed by atoms with E-state index >= 15 is 0 Å². The summed E-state index contributed by atoms with van der Waals surface area (Å²) < 4.78 is 25.5. The van der Waals surface area contributed by atoms with Crippen LogP contribution in [0.5, 0.6) is 0 Å². The third-order valence-electron chi connectivity index (χ3n) is 18.9. The summed E-state index contributed by atoms with van der Waals surface area (Å²) >= 11 is 32.3. The van der Waals surface area contributed by atoms with E-state index in [9.17, 15) is 14.4 Å². The molecule has 13 rings (SSSR count). The Balaban J connectivity index is 0.000000199. The first kappa shape index (κ1) is 87.4. The fourth-order valence-corrected chi connectivity index (χ4v) is 13.8. The molecule has 4 saturated heterocycles. The number of amides is 2. The van der Waals surface area contributed by atoms with Crippen LogP contribution in [0.4, 0.5) is 14.4 Å². The van der Waals surface area contributed by atoms with Crippen LogP contribution in [0.25, 0.3) is 0 Å². The van der Waals surface area contributed by atoms with Gasteiger partial charge in [0, 0.05) is 66.1 Å². The normalized spacial score (nSPS) is 15.4. The zero-order valence-corrected chi connectivity index (χ0v) is 67.6. The summed E-state index contributed by atoms with van der Waals surface area (Å²) in [7, 11) is 0. The van der Waals surface area contributed by atoms with Gasteiger partial charge in [-0.05, 0) is 220 Å². The molecule has 0 spiro atoms. The number of piperidine rings is 3. The van der Waals surface area contributed by atoms with Crippen LogP contribution < -0.4 is 5.32 Å². The Morgan fingerprint density at radius 2 is 0.787 bits per heavy atom. The second-order valence-corrected chi connectivity index (χ2v) is 29.2. The monoisotopic (exact) mass is 1600 g/mol. The number of tetrazole rings is 3. The van der Waals surface area contributed by atoms with Crippen molar-refractivity contribution < 1.29 is 33.3 Å². The Bertz CT molecular complexity index is 4000. The van der Waals surface area contributed by atoms with Crippen LogP contribution in [0.15, 0.2) is 164 Å². The average Bonchev–Trinajstić information content (AvgIpc) is 1.43. The number of likely N-dealkylation sites (tertiary alicyclic amines) is 2. The van der Waals surface area contributed by atoms with Gasteiger partial charge in [0.05, 0.1) is 54.4 Å². The van der Waals surface area contributed by atoms with E-state index in [1.807, 2.05) is 151 Å². The number of ether oxygens (including phenoxy) is 4. The van der Waals surface area contributed by atoms with Crippen LogP contribution in [0.2, 0.25) is 15.1 Å². The molecule has 9 aromatic rings. The van der Waals surface area contributed by atoms with Crippen molar-refractivity contribution in [1.29, 1.82) is 0 Å². The Hall–Kier alpha value is -7.84. The average molecular weight is 1600 g/mol. The number of hydrogen-bond acceptors (Lipinski definition) is 18. The molecule has 6 aromatic carbocycles. The van der Waals surface area contributed by atoms with Crippen molar-refractivity contribution >= 4 is 87.2 Å². The molecule has 4 aliphatic heterocycles. The number of halogens is 6. The van der Waals surface area contributed by atoms with Gasteiger partial charge in [0.2, 0.25) is 0 Å². The first-order valence-corrected chi connectivity index (χ1v) is 39.3. The number of carbonyl (C=O) groups is 3. The third kappa shape index (κ3) is 26.2. The Morgan fingerprint density at radius 1 is 0.472 bits per heavy atom. The predicted octanol–water partition coefficient (Wildman–Crippen LogP) is 16.6. The number of carbonyl (C=O) groups excluding carboxylic acids is 3. The van der Waals surface area contributed by atoms with Gasteiger partial charge in [-0.3, -0.25) is 0 Å². The fourth-order valence-electron chi connectivity index (χ4n) is 13.3.